The molecule has 1 fully saturated rings. The van der Waals surface area contributed by atoms with E-state index in [9.17, 15) is 0 Å². The number of likely N-dealkylation sites (tertiary alicyclic amines) is 1. The molecule has 1 saturated heterocycles. The molecule has 1 aliphatic heterocycles. The van der Waals surface area contributed by atoms with Crippen LogP contribution in [0, 0.1) is 22.7 Å². The topological polar surface area (TPSA) is 36.3 Å². The Hall–Kier alpha value is -0.590. The first-order valence-corrected chi connectivity index (χ1v) is 6.11. The Morgan fingerprint density at radius 2 is 2.12 bits per heavy atom. The minimum absolute atomic E-state index is 0.308. The SMILES string of the molecule is COC1CN(CCC#N)CCC1C(C)(C)C. The largest absolute Gasteiger partial charge is 0.380 e. The number of rotatable bonds is 3. The maximum absolute atomic E-state index is 8.59. The van der Waals surface area contributed by atoms with Gasteiger partial charge in [-0.2, -0.15) is 5.26 Å². The van der Waals surface area contributed by atoms with E-state index in [1.807, 2.05) is 0 Å². The first-order valence-electron chi connectivity index (χ1n) is 6.11. The highest BCUT2D eigenvalue weighted by molar-refractivity contribution is 4.88. The van der Waals surface area contributed by atoms with Crippen LogP contribution in [-0.2, 0) is 4.74 Å². The molecule has 0 aromatic rings. The van der Waals surface area contributed by atoms with Crippen LogP contribution < -0.4 is 0 Å². The molecule has 0 bridgehead atoms. The van der Waals surface area contributed by atoms with Crippen molar-refractivity contribution >= 4 is 0 Å². The van der Waals surface area contributed by atoms with Gasteiger partial charge in [0.2, 0.25) is 0 Å². The van der Waals surface area contributed by atoms with E-state index in [1.165, 1.54) is 6.42 Å². The molecule has 2 unspecified atom stereocenters. The van der Waals surface area contributed by atoms with Gasteiger partial charge in [-0.3, -0.25) is 4.90 Å². The summed E-state index contributed by atoms with van der Waals surface area (Å²) in [5.41, 5.74) is 0.308. The van der Waals surface area contributed by atoms with Crippen LogP contribution in [0.5, 0.6) is 0 Å². The molecule has 1 aliphatic rings. The predicted molar refractivity (Wildman–Crippen MR) is 65.0 cm³/mol. The molecule has 0 radical (unpaired) electrons. The van der Waals surface area contributed by atoms with Gasteiger partial charge in [0, 0.05) is 26.6 Å². The van der Waals surface area contributed by atoms with Crippen LogP contribution in [0.25, 0.3) is 0 Å². The predicted octanol–water partition coefficient (Wildman–Crippen LogP) is 2.28. The molecule has 0 amide bonds. The Kier molecular flexibility index (Phi) is 4.76. The van der Waals surface area contributed by atoms with Crippen LogP contribution in [0.1, 0.15) is 33.6 Å². The van der Waals surface area contributed by atoms with Crippen molar-refractivity contribution in [2.24, 2.45) is 11.3 Å². The Morgan fingerprint density at radius 3 is 2.62 bits per heavy atom. The molecule has 0 aromatic heterocycles. The summed E-state index contributed by atoms with van der Waals surface area (Å²) in [6.07, 6.45) is 2.11. The van der Waals surface area contributed by atoms with E-state index in [0.29, 0.717) is 23.9 Å². The van der Waals surface area contributed by atoms with Crippen molar-refractivity contribution in [2.75, 3.05) is 26.7 Å². The normalized spacial score (nSPS) is 27.7. The van der Waals surface area contributed by atoms with Crippen molar-refractivity contribution in [2.45, 2.75) is 39.7 Å². The van der Waals surface area contributed by atoms with Crippen LogP contribution in [0.15, 0.2) is 0 Å². The molecule has 0 saturated carbocycles. The maximum Gasteiger partial charge on any atom is 0.0731 e. The number of ether oxygens (including phenoxy) is 1. The quantitative estimate of drug-likeness (QED) is 0.738. The minimum Gasteiger partial charge on any atom is -0.380 e. The Labute approximate surface area is 99.4 Å². The van der Waals surface area contributed by atoms with E-state index in [-0.39, 0.29) is 0 Å². The molecule has 3 heteroatoms. The van der Waals surface area contributed by atoms with Crippen molar-refractivity contribution in [1.29, 1.82) is 5.26 Å². The molecular formula is C13H24N2O. The van der Waals surface area contributed by atoms with E-state index < -0.39 is 0 Å². The van der Waals surface area contributed by atoms with Gasteiger partial charge in [0.05, 0.1) is 12.2 Å². The Morgan fingerprint density at radius 1 is 1.44 bits per heavy atom. The number of hydrogen-bond donors (Lipinski definition) is 0. The average Bonchev–Trinajstić information content (AvgIpc) is 2.24. The molecule has 1 rings (SSSR count). The van der Waals surface area contributed by atoms with Gasteiger partial charge >= 0.3 is 0 Å². The van der Waals surface area contributed by atoms with Gasteiger partial charge in [0.15, 0.2) is 0 Å². The number of hydrogen-bond acceptors (Lipinski definition) is 3. The molecule has 3 nitrogen and oxygen atoms in total. The fraction of sp³-hybridized carbons (Fsp3) is 0.923. The summed E-state index contributed by atoms with van der Waals surface area (Å²) in [7, 11) is 1.80. The van der Waals surface area contributed by atoms with Crippen LogP contribution >= 0.6 is 0 Å². The van der Waals surface area contributed by atoms with E-state index >= 15 is 0 Å². The summed E-state index contributed by atoms with van der Waals surface area (Å²) in [6.45, 7) is 9.81. The van der Waals surface area contributed by atoms with Gasteiger partial charge in [-0.1, -0.05) is 20.8 Å². The molecule has 2 atom stereocenters. The molecule has 0 aliphatic carbocycles. The highest BCUT2D eigenvalue weighted by Crippen LogP contribution is 2.35. The molecule has 0 spiro atoms. The number of nitrogens with zero attached hydrogens (tertiary/aromatic N) is 2. The van der Waals surface area contributed by atoms with Crippen molar-refractivity contribution < 1.29 is 4.74 Å². The summed E-state index contributed by atoms with van der Waals surface area (Å²) in [5.74, 6) is 0.621. The van der Waals surface area contributed by atoms with Crippen molar-refractivity contribution in [3.63, 3.8) is 0 Å². The molecular weight excluding hydrogens is 200 g/mol. The van der Waals surface area contributed by atoms with Crippen LogP contribution in [-0.4, -0.2) is 37.7 Å². The third kappa shape index (κ3) is 3.47. The molecule has 0 aromatic carbocycles. The van der Waals surface area contributed by atoms with Gasteiger partial charge in [-0.05, 0) is 24.3 Å². The van der Waals surface area contributed by atoms with E-state index in [2.05, 4.69) is 31.7 Å². The van der Waals surface area contributed by atoms with Gasteiger partial charge in [-0.15, -0.1) is 0 Å². The fourth-order valence-corrected chi connectivity index (χ4v) is 2.62. The summed E-state index contributed by atoms with van der Waals surface area (Å²) in [5, 5.41) is 8.59. The lowest BCUT2D eigenvalue weighted by Crippen LogP contribution is -2.49. The maximum atomic E-state index is 8.59. The van der Waals surface area contributed by atoms with Gasteiger partial charge in [0.1, 0.15) is 0 Å². The lowest BCUT2D eigenvalue weighted by atomic mass is 9.73. The van der Waals surface area contributed by atoms with Gasteiger partial charge in [0.25, 0.3) is 0 Å². The van der Waals surface area contributed by atoms with E-state index in [4.69, 9.17) is 10.00 Å². The van der Waals surface area contributed by atoms with Gasteiger partial charge < -0.3 is 4.74 Å². The summed E-state index contributed by atoms with van der Waals surface area (Å²) >= 11 is 0. The average molecular weight is 224 g/mol. The van der Waals surface area contributed by atoms with Crippen LogP contribution in [0.2, 0.25) is 0 Å². The lowest BCUT2D eigenvalue weighted by molar-refractivity contribution is -0.0491. The minimum atomic E-state index is 0.308. The van der Waals surface area contributed by atoms with Crippen LogP contribution in [0.4, 0.5) is 0 Å². The van der Waals surface area contributed by atoms with Gasteiger partial charge in [-0.25, -0.2) is 0 Å². The molecule has 1 heterocycles. The lowest BCUT2D eigenvalue weighted by Gasteiger charge is -2.43. The molecule has 16 heavy (non-hydrogen) atoms. The summed E-state index contributed by atoms with van der Waals surface area (Å²) in [6, 6.07) is 2.21. The smallest absolute Gasteiger partial charge is 0.0731 e. The second kappa shape index (κ2) is 5.65. The van der Waals surface area contributed by atoms with Crippen molar-refractivity contribution in [3.8, 4) is 6.07 Å². The van der Waals surface area contributed by atoms with E-state index in [0.717, 1.165) is 19.6 Å². The fourth-order valence-electron chi connectivity index (χ4n) is 2.62. The standard InChI is InChI=1S/C13H24N2O/c1-13(2,3)11-6-9-15(8-5-7-14)10-12(11)16-4/h11-12H,5-6,8-10H2,1-4H3. The summed E-state index contributed by atoms with van der Waals surface area (Å²) in [4.78, 5) is 2.35. The first kappa shape index (κ1) is 13.5. The van der Waals surface area contributed by atoms with E-state index in [1.54, 1.807) is 7.11 Å². The zero-order valence-corrected chi connectivity index (χ0v) is 11.0. The Bertz CT molecular complexity index is 252. The highest BCUT2D eigenvalue weighted by atomic mass is 16.5. The zero-order valence-electron chi connectivity index (χ0n) is 11.0. The zero-order chi connectivity index (χ0) is 12.2. The monoisotopic (exact) mass is 224 g/mol. The third-order valence-electron chi connectivity index (χ3n) is 3.60. The highest BCUT2D eigenvalue weighted by Gasteiger charge is 2.36. The Balaban J connectivity index is 2.54. The number of piperidine rings is 1. The van der Waals surface area contributed by atoms with Crippen molar-refractivity contribution in [3.05, 3.63) is 0 Å². The number of nitriles is 1. The second-order valence-electron chi connectivity index (χ2n) is 5.74. The number of methoxy groups -OCH3 is 1. The van der Waals surface area contributed by atoms with Crippen LogP contribution in [0.3, 0.4) is 0 Å². The molecule has 0 N–H and O–H groups in total. The molecule has 92 valence electrons. The van der Waals surface area contributed by atoms with Crippen molar-refractivity contribution in [1.82, 2.24) is 4.90 Å². The summed E-state index contributed by atoms with van der Waals surface area (Å²) < 4.78 is 5.62. The second-order valence-corrected chi connectivity index (χ2v) is 5.74. The third-order valence-corrected chi connectivity index (χ3v) is 3.60. The first-order chi connectivity index (χ1) is 7.49.